The standard InChI is InChI=1S/C9H15N3O/c1-7(2)12(3)9-5-4-8(6-13)10-11-9/h4-5,7,13H,6H2,1-3H3. The Morgan fingerprint density at radius 2 is 2.08 bits per heavy atom. The summed E-state index contributed by atoms with van der Waals surface area (Å²) in [6, 6.07) is 4.04. The average Bonchev–Trinajstić information content (AvgIpc) is 2.17. The molecule has 1 rings (SSSR count). The molecule has 0 aliphatic carbocycles. The van der Waals surface area contributed by atoms with Gasteiger partial charge in [-0.2, -0.15) is 5.10 Å². The molecule has 72 valence electrons. The molecule has 1 N–H and O–H groups in total. The maximum Gasteiger partial charge on any atom is 0.151 e. The summed E-state index contributed by atoms with van der Waals surface area (Å²) in [6.07, 6.45) is 0. The lowest BCUT2D eigenvalue weighted by Crippen LogP contribution is -2.26. The van der Waals surface area contributed by atoms with Crippen molar-refractivity contribution in [3.8, 4) is 0 Å². The van der Waals surface area contributed by atoms with Crippen LogP contribution in [0.15, 0.2) is 12.1 Å². The summed E-state index contributed by atoms with van der Waals surface area (Å²) in [4.78, 5) is 2.02. The van der Waals surface area contributed by atoms with E-state index in [1.54, 1.807) is 6.07 Å². The van der Waals surface area contributed by atoms with Crippen LogP contribution in [0.25, 0.3) is 0 Å². The van der Waals surface area contributed by atoms with Crippen LogP contribution in [-0.4, -0.2) is 28.4 Å². The highest BCUT2D eigenvalue weighted by Crippen LogP contribution is 2.09. The van der Waals surface area contributed by atoms with Crippen molar-refractivity contribution in [2.24, 2.45) is 0 Å². The predicted molar refractivity (Wildman–Crippen MR) is 51.5 cm³/mol. The zero-order chi connectivity index (χ0) is 9.84. The molecule has 0 unspecified atom stereocenters. The Morgan fingerprint density at radius 3 is 2.46 bits per heavy atom. The normalized spacial score (nSPS) is 10.5. The van der Waals surface area contributed by atoms with Crippen molar-refractivity contribution in [2.75, 3.05) is 11.9 Å². The summed E-state index contributed by atoms with van der Waals surface area (Å²) < 4.78 is 0. The molecule has 0 fully saturated rings. The smallest absolute Gasteiger partial charge is 0.151 e. The largest absolute Gasteiger partial charge is 0.390 e. The number of anilines is 1. The Balaban J connectivity index is 2.79. The molecule has 0 aliphatic rings. The van der Waals surface area contributed by atoms with E-state index in [1.165, 1.54) is 0 Å². The fourth-order valence-electron chi connectivity index (χ4n) is 0.890. The van der Waals surface area contributed by atoms with Gasteiger partial charge in [-0.1, -0.05) is 0 Å². The first-order valence-electron chi connectivity index (χ1n) is 4.31. The predicted octanol–water partition coefficient (Wildman–Crippen LogP) is 0.813. The summed E-state index contributed by atoms with van der Waals surface area (Å²) in [5.74, 6) is 0.826. The van der Waals surface area contributed by atoms with Crippen molar-refractivity contribution in [3.63, 3.8) is 0 Å². The van der Waals surface area contributed by atoms with Crippen LogP contribution in [0.5, 0.6) is 0 Å². The monoisotopic (exact) mass is 181 g/mol. The van der Waals surface area contributed by atoms with Crippen molar-refractivity contribution < 1.29 is 5.11 Å². The molecule has 0 aromatic carbocycles. The summed E-state index contributed by atoms with van der Waals surface area (Å²) in [5.41, 5.74) is 0.598. The first-order valence-corrected chi connectivity index (χ1v) is 4.31. The number of rotatable bonds is 3. The molecule has 0 spiro atoms. The van der Waals surface area contributed by atoms with Gasteiger partial charge >= 0.3 is 0 Å². The maximum atomic E-state index is 8.76. The van der Waals surface area contributed by atoms with E-state index in [0.717, 1.165) is 5.82 Å². The first-order chi connectivity index (χ1) is 6.15. The molecule has 1 heterocycles. The van der Waals surface area contributed by atoms with Crippen LogP contribution in [0.2, 0.25) is 0 Å². The molecule has 1 aromatic rings. The van der Waals surface area contributed by atoms with Gasteiger partial charge in [-0.25, -0.2) is 0 Å². The fourth-order valence-corrected chi connectivity index (χ4v) is 0.890. The molecular weight excluding hydrogens is 166 g/mol. The number of hydrogen-bond donors (Lipinski definition) is 1. The van der Waals surface area contributed by atoms with Crippen molar-refractivity contribution in [1.82, 2.24) is 10.2 Å². The van der Waals surface area contributed by atoms with Crippen LogP contribution in [0.3, 0.4) is 0 Å². The molecule has 0 aliphatic heterocycles. The molecule has 0 atom stereocenters. The number of nitrogens with zero attached hydrogens (tertiary/aromatic N) is 3. The summed E-state index contributed by atoms with van der Waals surface area (Å²) >= 11 is 0. The second-order valence-corrected chi connectivity index (χ2v) is 3.25. The van der Waals surface area contributed by atoms with E-state index in [0.29, 0.717) is 11.7 Å². The second-order valence-electron chi connectivity index (χ2n) is 3.25. The zero-order valence-electron chi connectivity index (χ0n) is 8.23. The molecule has 0 saturated carbocycles. The minimum atomic E-state index is -0.0569. The Hall–Kier alpha value is -1.16. The van der Waals surface area contributed by atoms with Crippen LogP contribution < -0.4 is 4.90 Å². The van der Waals surface area contributed by atoms with Crippen LogP contribution in [-0.2, 0) is 6.61 Å². The van der Waals surface area contributed by atoms with Crippen LogP contribution in [0.4, 0.5) is 5.82 Å². The summed E-state index contributed by atoms with van der Waals surface area (Å²) in [6.45, 7) is 4.11. The van der Waals surface area contributed by atoms with Gasteiger partial charge in [0.1, 0.15) is 0 Å². The SMILES string of the molecule is CC(C)N(C)c1ccc(CO)nn1. The molecule has 1 aromatic heterocycles. The minimum Gasteiger partial charge on any atom is -0.390 e. The zero-order valence-corrected chi connectivity index (χ0v) is 8.23. The van der Waals surface area contributed by atoms with Gasteiger partial charge in [0.2, 0.25) is 0 Å². The summed E-state index contributed by atoms with van der Waals surface area (Å²) in [5, 5.41) is 16.6. The highest BCUT2D eigenvalue weighted by molar-refractivity contribution is 5.36. The first kappa shape index (κ1) is 9.92. The molecular formula is C9H15N3O. The van der Waals surface area contributed by atoms with Gasteiger partial charge in [-0.15, -0.1) is 5.10 Å². The van der Waals surface area contributed by atoms with Gasteiger partial charge in [-0.05, 0) is 26.0 Å². The van der Waals surface area contributed by atoms with Gasteiger partial charge in [0.25, 0.3) is 0 Å². The third-order valence-electron chi connectivity index (χ3n) is 2.00. The van der Waals surface area contributed by atoms with Gasteiger partial charge < -0.3 is 10.0 Å². The van der Waals surface area contributed by atoms with Gasteiger partial charge in [0.15, 0.2) is 5.82 Å². The Kier molecular flexibility index (Phi) is 3.19. The summed E-state index contributed by atoms with van der Waals surface area (Å²) in [7, 11) is 1.97. The van der Waals surface area contributed by atoms with Crippen LogP contribution in [0.1, 0.15) is 19.5 Å². The van der Waals surface area contributed by atoms with Gasteiger partial charge in [0.05, 0.1) is 12.3 Å². The molecule has 0 bridgehead atoms. The fraction of sp³-hybridized carbons (Fsp3) is 0.556. The Labute approximate surface area is 78.2 Å². The Bertz CT molecular complexity index is 258. The molecule has 4 heteroatoms. The van der Waals surface area contributed by atoms with Crippen molar-refractivity contribution >= 4 is 5.82 Å². The second kappa shape index (κ2) is 4.18. The molecule has 0 amide bonds. The van der Waals surface area contributed by atoms with E-state index >= 15 is 0 Å². The highest BCUT2D eigenvalue weighted by Gasteiger charge is 2.06. The number of aliphatic hydroxyl groups is 1. The van der Waals surface area contributed by atoms with E-state index in [2.05, 4.69) is 24.0 Å². The van der Waals surface area contributed by atoms with E-state index < -0.39 is 0 Å². The van der Waals surface area contributed by atoms with Crippen molar-refractivity contribution in [2.45, 2.75) is 26.5 Å². The van der Waals surface area contributed by atoms with E-state index in [4.69, 9.17) is 5.11 Å². The van der Waals surface area contributed by atoms with E-state index in [1.807, 2.05) is 18.0 Å². The molecule has 0 saturated heterocycles. The highest BCUT2D eigenvalue weighted by atomic mass is 16.3. The molecule has 0 radical (unpaired) electrons. The Morgan fingerprint density at radius 1 is 1.38 bits per heavy atom. The van der Waals surface area contributed by atoms with E-state index in [-0.39, 0.29) is 6.61 Å². The molecule has 4 nitrogen and oxygen atoms in total. The van der Waals surface area contributed by atoms with Crippen molar-refractivity contribution in [3.05, 3.63) is 17.8 Å². The van der Waals surface area contributed by atoms with Crippen LogP contribution >= 0.6 is 0 Å². The number of aliphatic hydroxyl groups excluding tert-OH is 1. The quantitative estimate of drug-likeness (QED) is 0.749. The average molecular weight is 181 g/mol. The third kappa shape index (κ3) is 2.39. The minimum absolute atomic E-state index is 0.0569. The lowest BCUT2D eigenvalue weighted by Gasteiger charge is -2.21. The topological polar surface area (TPSA) is 49.2 Å². The lowest BCUT2D eigenvalue weighted by atomic mass is 10.3. The third-order valence-corrected chi connectivity index (χ3v) is 2.00. The maximum absolute atomic E-state index is 8.76. The van der Waals surface area contributed by atoms with Crippen molar-refractivity contribution in [1.29, 1.82) is 0 Å². The number of hydrogen-bond acceptors (Lipinski definition) is 4. The van der Waals surface area contributed by atoms with E-state index in [9.17, 15) is 0 Å². The van der Waals surface area contributed by atoms with Crippen LogP contribution in [0, 0.1) is 0 Å². The van der Waals surface area contributed by atoms with Gasteiger partial charge in [-0.3, -0.25) is 0 Å². The molecule has 13 heavy (non-hydrogen) atoms. The lowest BCUT2D eigenvalue weighted by molar-refractivity contribution is 0.275. The van der Waals surface area contributed by atoms with Gasteiger partial charge in [0, 0.05) is 13.1 Å². The number of aromatic nitrogens is 2.